The average molecular weight is 181 g/mol. The molecule has 1 aromatic rings. The van der Waals surface area contributed by atoms with Crippen LogP contribution in [-0.2, 0) is 6.54 Å². The minimum atomic E-state index is -0.754. The summed E-state index contributed by atoms with van der Waals surface area (Å²) in [7, 11) is 0. The number of azide groups is 1. The second kappa shape index (κ2) is 4.49. The molecule has 1 atom stereocenters. The third-order valence-corrected chi connectivity index (χ3v) is 1.68. The van der Waals surface area contributed by atoms with E-state index < -0.39 is 6.10 Å². The van der Waals surface area contributed by atoms with Crippen LogP contribution in [0.15, 0.2) is 17.5 Å². The summed E-state index contributed by atoms with van der Waals surface area (Å²) in [5.41, 5.74) is 8.72. The molecule has 0 bridgehead atoms. The number of nitrogens with zero attached hydrogens (tertiary/aromatic N) is 5. The van der Waals surface area contributed by atoms with Crippen LogP contribution in [0.25, 0.3) is 10.4 Å². The van der Waals surface area contributed by atoms with E-state index in [2.05, 4.69) is 15.1 Å². The average Bonchev–Trinajstić information content (AvgIpc) is 2.62. The van der Waals surface area contributed by atoms with Crippen LogP contribution < -0.4 is 0 Å². The largest absolute Gasteiger partial charge is 0.388 e. The molecule has 1 aromatic heterocycles. The lowest BCUT2D eigenvalue weighted by atomic mass is 10.2. The predicted octanol–water partition coefficient (Wildman–Crippen LogP) is 1.25. The van der Waals surface area contributed by atoms with Crippen molar-refractivity contribution in [1.82, 2.24) is 9.78 Å². The van der Waals surface area contributed by atoms with Gasteiger partial charge in [0.25, 0.3) is 0 Å². The highest BCUT2D eigenvalue weighted by molar-refractivity contribution is 5.08. The van der Waals surface area contributed by atoms with Gasteiger partial charge < -0.3 is 5.11 Å². The molecule has 0 fully saturated rings. The fourth-order valence-corrected chi connectivity index (χ4v) is 0.944. The standard InChI is InChI=1S/C7H11N5O/c1-2-12-5-6(3-10-12)7(13)4-9-11-8/h3,5,7,13H,2,4H2,1H3/t7-/m1/s1. The molecule has 1 rings (SSSR count). The molecule has 13 heavy (non-hydrogen) atoms. The Bertz CT molecular complexity index is 314. The van der Waals surface area contributed by atoms with Gasteiger partial charge in [0.2, 0.25) is 0 Å². The van der Waals surface area contributed by atoms with Gasteiger partial charge in [-0.05, 0) is 12.5 Å². The fourth-order valence-electron chi connectivity index (χ4n) is 0.944. The molecule has 0 unspecified atom stereocenters. The lowest BCUT2D eigenvalue weighted by Crippen LogP contribution is -1.99. The summed E-state index contributed by atoms with van der Waals surface area (Å²) in [4.78, 5) is 2.57. The minimum Gasteiger partial charge on any atom is -0.388 e. The van der Waals surface area contributed by atoms with Crippen molar-refractivity contribution in [3.05, 3.63) is 28.4 Å². The topological polar surface area (TPSA) is 86.8 Å². The van der Waals surface area contributed by atoms with Crippen molar-refractivity contribution in [2.24, 2.45) is 5.11 Å². The zero-order valence-corrected chi connectivity index (χ0v) is 7.33. The van der Waals surface area contributed by atoms with Gasteiger partial charge >= 0.3 is 0 Å². The maximum atomic E-state index is 9.44. The van der Waals surface area contributed by atoms with Crippen molar-refractivity contribution >= 4 is 0 Å². The molecule has 0 saturated heterocycles. The Hall–Kier alpha value is -1.52. The zero-order valence-electron chi connectivity index (χ0n) is 7.33. The van der Waals surface area contributed by atoms with E-state index in [1.165, 1.54) is 0 Å². The molecule has 1 heterocycles. The summed E-state index contributed by atoms with van der Waals surface area (Å²) < 4.78 is 1.70. The highest BCUT2D eigenvalue weighted by Crippen LogP contribution is 2.11. The molecule has 6 nitrogen and oxygen atoms in total. The zero-order chi connectivity index (χ0) is 9.68. The fraction of sp³-hybridized carbons (Fsp3) is 0.571. The highest BCUT2D eigenvalue weighted by atomic mass is 16.3. The molecule has 0 aliphatic rings. The quantitative estimate of drug-likeness (QED) is 0.430. The third-order valence-electron chi connectivity index (χ3n) is 1.68. The van der Waals surface area contributed by atoms with Gasteiger partial charge in [-0.2, -0.15) is 5.10 Å². The maximum absolute atomic E-state index is 9.44. The molecule has 1 N–H and O–H groups in total. The SMILES string of the molecule is CCn1cc([C@H](O)CN=[N+]=[N-])cn1. The van der Waals surface area contributed by atoms with Gasteiger partial charge in [-0.3, -0.25) is 4.68 Å². The molecule has 0 spiro atoms. The van der Waals surface area contributed by atoms with Crippen molar-refractivity contribution in [2.45, 2.75) is 19.6 Å². The van der Waals surface area contributed by atoms with E-state index in [0.717, 1.165) is 6.54 Å². The highest BCUT2D eigenvalue weighted by Gasteiger charge is 2.07. The van der Waals surface area contributed by atoms with Crippen molar-refractivity contribution in [1.29, 1.82) is 0 Å². The molecule has 0 aliphatic carbocycles. The number of aliphatic hydroxyl groups is 1. The summed E-state index contributed by atoms with van der Waals surface area (Å²) in [5, 5.41) is 16.7. The lowest BCUT2D eigenvalue weighted by molar-refractivity contribution is 0.186. The smallest absolute Gasteiger partial charge is 0.0876 e. The lowest BCUT2D eigenvalue weighted by Gasteiger charge is -2.01. The second-order valence-electron chi connectivity index (χ2n) is 2.56. The van der Waals surface area contributed by atoms with Gasteiger partial charge in [-0.1, -0.05) is 5.11 Å². The molecule has 6 heteroatoms. The number of aromatic nitrogens is 2. The van der Waals surface area contributed by atoms with E-state index in [0.29, 0.717) is 5.56 Å². The van der Waals surface area contributed by atoms with Crippen LogP contribution in [0.5, 0.6) is 0 Å². The Morgan fingerprint density at radius 1 is 1.85 bits per heavy atom. The number of hydrogen-bond acceptors (Lipinski definition) is 3. The maximum Gasteiger partial charge on any atom is 0.0876 e. The van der Waals surface area contributed by atoms with Gasteiger partial charge in [0, 0.05) is 23.2 Å². The van der Waals surface area contributed by atoms with Crippen LogP contribution in [-0.4, -0.2) is 21.4 Å². The number of hydrogen-bond donors (Lipinski definition) is 1. The summed E-state index contributed by atoms with van der Waals surface area (Å²) in [6.45, 7) is 2.76. The summed E-state index contributed by atoms with van der Waals surface area (Å²) in [6.07, 6.45) is 2.55. The molecule has 0 amide bonds. The van der Waals surface area contributed by atoms with Gasteiger partial charge in [0.1, 0.15) is 0 Å². The first kappa shape index (κ1) is 9.57. The van der Waals surface area contributed by atoms with E-state index >= 15 is 0 Å². The monoisotopic (exact) mass is 181 g/mol. The Morgan fingerprint density at radius 3 is 3.15 bits per heavy atom. The minimum absolute atomic E-state index is 0.0475. The van der Waals surface area contributed by atoms with E-state index in [1.54, 1.807) is 17.1 Å². The van der Waals surface area contributed by atoms with Gasteiger partial charge in [0.05, 0.1) is 18.8 Å². The van der Waals surface area contributed by atoms with Crippen LogP contribution in [0.1, 0.15) is 18.6 Å². The van der Waals surface area contributed by atoms with Crippen molar-refractivity contribution in [3.63, 3.8) is 0 Å². The van der Waals surface area contributed by atoms with Crippen molar-refractivity contribution in [3.8, 4) is 0 Å². The summed E-state index contributed by atoms with van der Waals surface area (Å²) in [5.74, 6) is 0. The number of aliphatic hydroxyl groups excluding tert-OH is 1. The Kier molecular flexibility index (Phi) is 3.31. The van der Waals surface area contributed by atoms with E-state index in [9.17, 15) is 5.11 Å². The molecular weight excluding hydrogens is 170 g/mol. The molecule has 70 valence electrons. The third kappa shape index (κ3) is 2.47. The van der Waals surface area contributed by atoms with Crippen molar-refractivity contribution in [2.75, 3.05) is 6.54 Å². The van der Waals surface area contributed by atoms with Crippen molar-refractivity contribution < 1.29 is 5.11 Å². The van der Waals surface area contributed by atoms with E-state index in [4.69, 9.17) is 5.53 Å². The number of aryl methyl sites for hydroxylation is 1. The Balaban J connectivity index is 2.65. The van der Waals surface area contributed by atoms with E-state index in [1.807, 2.05) is 6.92 Å². The normalized spacial score (nSPS) is 12.2. The summed E-state index contributed by atoms with van der Waals surface area (Å²) in [6, 6.07) is 0. The molecule has 0 saturated carbocycles. The molecular formula is C7H11N5O. The molecule has 0 aromatic carbocycles. The second-order valence-corrected chi connectivity index (χ2v) is 2.56. The Morgan fingerprint density at radius 2 is 2.62 bits per heavy atom. The Labute approximate surface area is 75.4 Å². The van der Waals surface area contributed by atoms with Gasteiger partial charge in [-0.25, -0.2) is 0 Å². The predicted molar refractivity (Wildman–Crippen MR) is 46.9 cm³/mol. The summed E-state index contributed by atoms with van der Waals surface area (Å²) >= 11 is 0. The first-order chi connectivity index (χ1) is 6.27. The first-order valence-electron chi connectivity index (χ1n) is 3.99. The number of rotatable bonds is 4. The van der Waals surface area contributed by atoms with Crippen LogP contribution in [0.2, 0.25) is 0 Å². The van der Waals surface area contributed by atoms with Crippen LogP contribution in [0, 0.1) is 0 Å². The van der Waals surface area contributed by atoms with Crippen LogP contribution in [0.3, 0.4) is 0 Å². The molecule has 0 aliphatic heterocycles. The molecule has 0 radical (unpaired) electrons. The first-order valence-corrected chi connectivity index (χ1v) is 3.99. The van der Waals surface area contributed by atoms with Gasteiger partial charge in [-0.15, -0.1) is 0 Å². The van der Waals surface area contributed by atoms with Crippen LogP contribution >= 0.6 is 0 Å². The van der Waals surface area contributed by atoms with Gasteiger partial charge in [0.15, 0.2) is 0 Å². The van der Waals surface area contributed by atoms with E-state index in [-0.39, 0.29) is 6.54 Å². The van der Waals surface area contributed by atoms with Crippen LogP contribution in [0.4, 0.5) is 0 Å².